The first-order valence-corrected chi connectivity index (χ1v) is 12.2. The molecule has 34 heavy (non-hydrogen) atoms. The van der Waals surface area contributed by atoms with Crippen molar-refractivity contribution in [3.8, 4) is 16.9 Å². The Morgan fingerprint density at radius 3 is 2.53 bits per heavy atom. The van der Waals surface area contributed by atoms with Gasteiger partial charge in [0.1, 0.15) is 18.1 Å². The van der Waals surface area contributed by atoms with E-state index < -0.39 is 0 Å². The zero-order valence-electron chi connectivity index (χ0n) is 20.4. The van der Waals surface area contributed by atoms with Crippen molar-refractivity contribution in [3.63, 3.8) is 0 Å². The number of nitrogens with zero attached hydrogens (tertiary/aromatic N) is 2. The summed E-state index contributed by atoms with van der Waals surface area (Å²) in [4.78, 5) is 0. The van der Waals surface area contributed by atoms with Crippen molar-refractivity contribution in [1.82, 2.24) is 9.78 Å². The number of para-hydroxylation sites is 1. The lowest BCUT2D eigenvalue weighted by atomic mass is 9.94. The van der Waals surface area contributed by atoms with Crippen molar-refractivity contribution in [2.24, 2.45) is 5.73 Å². The van der Waals surface area contributed by atoms with Gasteiger partial charge in [-0.3, -0.25) is 4.68 Å². The Labute approximate surface area is 202 Å². The molecule has 1 aromatic heterocycles. The predicted molar refractivity (Wildman–Crippen MR) is 139 cm³/mol. The van der Waals surface area contributed by atoms with Gasteiger partial charge in [-0.25, -0.2) is 0 Å². The second-order valence-corrected chi connectivity index (χ2v) is 9.12. The molecule has 0 spiro atoms. The minimum atomic E-state index is 0.0765. The number of benzene rings is 3. The summed E-state index contributed by atoms with van der Waals surface area (Å²) in [5, 5.41) is 15.9. The lowest BCUT2D eigenvalue weighted by molar-refractivity contribution is 0.248. The number of aliphatic hydroxyl groups is 1. The third kappa shape index (κ3) is 5.01. The van der Waals surface area contributed by atoms with E-state index >= 15 is 0 Å². The Hall–Kier alpha value is -3.15. The van der Waals surface area contributed by atoms with Crippen LogP contribution in [-0.2, 0) is 13.2 Å². The normalized spacial score (nSPS) is 12.4. The van der Waals surface area contributed by atoms with Crippen LogP contribution in [0.2, 0.25) is 0 Å². The molecule has 5 nitrogen and oxygen atoms in total. The van der Waals surface area contributed by atoms with Gasteiger partial charge in [-0.2, -0.15) is 5.10 Å². The number of fused-ring (bicyclic) bond motifs is 1. The van der Waals surface area contributed by atoms with Crippen LogP contribution in [0.4, 0.5) is 0 Å². The van der Waals surface area contributed by atoms with Gasteiger partial charge in [0, 0.05) is 23.9 Å². The summed E-state index contributed by atoms with van der Waals surface area (Å²) in [5.41, 5.74) is 12.3. The Bertz CT molecular complexity index is 1250. The van der Waals surface area contributed by atoms with Gasteiger partial charge in [0.25, 0.3) is 0 Å². The monoisotopic (exact) mass is 457 g/mol. The molecule has 1 atom stereocenters. The van der Waals surface area contributed by atoms with Gasteiger partial charge in [-0.05, 0) is 66.8 Å². The highest BCUT2D eigenvalue weighted by Crippen LogP contribution is 2.32. The topological polar surface area (TPSA) is 73.3 Å². The van der Waals surface area contributed by atoms with Crippen LogP contribution >= 0.6 is 0 Å². The third-order valence-corrected chi connectivity index (χ3v) is 6.35. The van der Waals surface area contributed by atoms with Crippen LogP contribution in [0.5, 0.6) is 5.75 Å². The molecule has 3 N–H and O–H groups in total. The third-order valence-electron chi connectivity index (χ3n) is 6.35. The molecule has 1 unspecified atom stereocenters. The molecule has 0 fully saturated rings. The van der Waals surface area contributed by atoms with Crippen LogP contribution in [0, 0.1) is 0 Å². The van der Waals surface area contributed by atoms with E-state index in [1.165, 1.54) is 0 Å². The largest absolute Gasteiger partial charge is 0.487 e. The molecule has 3 aromatic carbocycles. The molecule has 0 aliphatic heterocycles. The highest BCUT2D eigenvalue weighted by molar-refractivity contribution is 5.87. The van der Waals surface area contributed by atoms with Crippen molar-refractivity contribution < 1.29 is 9.84 Å². The van der Waals surface area contributed by atoms with Gasteiger partial charge in [0.05, 0.1) is 12.1 Å². The molecule has 0 aliphatic carbocycles. The molecule has 5 heteroatoms. The molecular formula is C29H35N3O2. The molecule has 0 aliphatic rings. The second kappa shape index (κ2) is 10.9. The van der Waals surface area contributed by atoms with Crippen molar-refractivity contribution in [2.45, 2.75) is 58.7 Å². The van der Waals surface area contributed by atoms with E-state index in [9.17, 15) is 5.11 Å². The molecule has 0 saturated heterocycles. The van der Waals surface area contributed by atoms with Crippen LogP contribution in [0.1, 0.15) is 62.4 Å². The zero-order valence-corrected chi connectivity index (χ0v) is 20.4. The summed E-state index contributed by atoms with van der Waals surface area (Å²) in [6.45, 7) is 7.42. The first-order valence-electron chi connectivity index (χ1n) is 12.2. The smallest absolute Gasteiger partial charge is 0.133 e. The average Bonchev–Trinajstić information content (AvgIpc) is 3.24. The molecule has 4 rings (SSSR count). The van der Waals surface area contributed by atoms with E-state index in [1.807, 2.05) is 30.3 Å². The van der Waals surface area contributed by atoms with Crippen LogP contribution in [0.25, 0.3) is 22.0 Å². The lowest BCUT2D eigenvalue weighted by Gasteiger charge is -2.18. The lowest BCUT2D eigenvalue weighted by Crippen LogP contribution is -2.08. The molecule has 0 saturated carbocycles. The fourth-order valence-electron chi connectivity index (χ4n) is 4.55. The van der Waals surface area contributed by atoms with Crippen molar-refractivity contribution >= 4 is 10.9 Å². The maximum atomic E-state index is 9.92. The van der Waals surface area contributed by atoms with Gasteiger partial charge in [0.15, 0.2) is 0 Å². The fraction of sp³-hybridized carbons (Fsp3) is 0.345. The number of ether oxygens (including phenoxy) is 1. The van der Waals surface area contributed by atoms with E-state index in [0.29, 0.717) is 13.2 Å². The summed E-state index contributed by atoms with van der Waals surface area (Å²) in [6.07, 6.45) is 1.93. The second-order valence-electron chi connectivity index (χ2n) is 9.12. The number of aromatic nitrogens is 2. The maximum absolute atomic E-state index is 9.92. The number of hydrogen-bond donors (Lipinski definition) is 2. The summed E-state index contributed by atoms with van der Waals surface area (Å²) < 4.78 is 8.40. The first kappa shape index (κ1) is 24.0. The zero-order chi connectivity index (χ0) is 24.1. The predicted octanol–water partition coefficient (Wildman–Crippen LogP) is 6.20. The van der Waals surface area contributed by atoms with Crippen LogP contribution in [-0.4, -0.2) is 21.5 Å². The minimum Gasteiger partial charge on any atom is -0.487 e. The molecule has 178 valence electrons. The Kier molecular flexibility index (Phi) is 7.66. The van der Waals surface area contributed by atoms with Crippen LogP contribution in [0.15, 0.2) is 66.7 Å². The highest BCUT2D eigenvalue weighted by atomic mass is 16.5. The first-order chi connectivity index (χ1) is 16.5. The summed E-state index contributed by atoms with van der Waals surface area (Å²) >= 11 is 0. The van der Waals surface area contributed by atoms with Gasteiger partial charge in [-0.1, -0.05) is 55.8 Å². The van der Waals surface area contributed by atoms with Crippen molar-refractivity contribution in [1.29, 1.82) is 0 Å². The van der Waals surface area contributed by atoms with Crippen molar-refractivity contribution in [3.05, 3.63) is 83.6 Å². The minimum absolute atomic E-state index is 0.0765. The van der Waals surface area contributed by atoms with E-state index in [1.54, 1.807) is 0 Å². The molecule has 0 bridgehead atoms. The Morgan fingerprint density at radius 1 is 1.00 bits per heavy atom. The molecule has 1 heterocycles. The van der Waals surface area contributed by atoms with E-state index in [4.69, 9.17) is 15.6 Å². The SMILES string of the molecule is CCCC(CO)c1ccccc1OCc1nn(C(C)C)c2ccc(-c3cccc(CN)c3)cc12. The summed E-state index contributed by atoms with van der Waals surface area (Å²) in [5.74, 6) is 0.890. The van der Waals surface area contributed by atoms with Gasteiger partial charge >= 0.3 is 0 Å². The Balaban J connectivity index is 1.70. The number of aliphatic hydroxyl groups excluding tert-OH is 1. The highest BCUT2D eigenvalue weighted by Gasteiger charge is 2.18. The molecule has 0 amide bonds. The fourth-order valence-corrected chi connectivity index (χ4v) is 4.55. The molecular weight excluding hydrogens is 422 g/mol. The van der Waals surface area contributed by atoms with E-state index in [-0.39, 0.29) is 18.6 Å². The number of nitrogens with two attached hydrogens (primary N) is 1. The van der Waals surface area contributed by atoms with Gasteiger partial charge < -0.3 is 15.6 Å². The van der Waals surface area contributed by atoms with Gasteiger partial charge in [-0.15, -0.1) is 0 Å². The van der Waals surface area contributed by atoms with E-state index in [2.05, 4.69) is 61.9 Å². The van der Waals surface area contributed by atoms with Crippen LogP contribution < -0.4 is 10.5 Å². The molecule has 0 radical (unpaired) electrons. The molecule has 4 aromatic rings. The Morgan fingerprint density at radius 2 is 1.79 bits per heavy atom. The van der Waals surface area contributed by atoms with Crippen molar-refractivity contribution in [2.75, 3.05) is 6.61 Å². The standard InChI is InChI=1S/C29H35N3O2/c1-4-8-24(18-33)25-11-5-6-12-29(25)34-19-27-26-16-23(22-10-7-9-21(15-22)17-30)13-14-28(26)32(31-27)20(2)3/h5-7,9-16,20,24,33H,4,8,17-19,30H2,1-3H3. The summed E-state index contributed by atoms with van der Waals surface area (Å²) in [7, 11) is 0. The average molecular weight is 458 g/mol. The van der Waals surface area contributed by atoms with Crippen LogP contribution in [0.3, 0.4) is 0 Å². The maximum Gasteiger partial charge on any atom is 0.133 e. The van der Waals surface area contributed by atoms with E-state index in [0.717, 1.165) is 57.4 Å². The number of hydrogen-bond acceptors (Lipinski definition) is 4. The number of rotatable bonds is 10. The summed E-state index contributed by atoms with van der Waals surface area (Å²) in [6, 6.07) is 23.1. The quantitative estimate of drug-likeness (QED) is 0.297. The van der Waals surface area contributed by atoms with Gasteiger partial charge in [0.2, 0.25) is 0 Å².